The standard InChI is InChI=1S/C19H26N4O4S/c1-13-7-5-6-12-23(13)28(25,26)15-10-8-14(9-11-15)16(24)20-18-22-21-17(27-18)19(2,3)4/h8-11,13H,5-7,12H2,1-4H3,(H,20,22,24)/t13-/m1/s1. The van der Waals surface area contributed by atoms with Crippen LogP contribution in [0.2, 0.25) is 0 Å². The van der Waals surface area contributed by atoms with Gasteiger partial charge in [-0.1, -0.05) is 32.3 Å². The Labute approximate surface area is 165 Å². The molecular formula is C19H26N4O4S. The highest BCUT2D eigenvalue weighted by atomic mass is 32.2. The van der Waals surface area contributed by atoms with Gasteiger partial charge >= 0.3 is 6.01 Å². The van der Waals surface area contributed by atoms with Crippen LogP contribution in [0, 0.1) is 0 Å². The number of benzene rings is 1. The first kappa shape index (κ1) is 20.5. The summed E-state index contributed by atoms with van der Waals surface area (Å²) in [5.74, 6) is -0.0284. The maximum atomic E-state index is 12.9. The first-order chi connectivity index (χ1) is 13.1. The minimum absolute atomic E-state index is 0.00812. The Kier molecular flexibility index (Phi) is 5.58. The van der Waals surface area contributed by atoms with Crippen LogP contribution in [0.4, 0.5) is 6.01 Å². The van der Waals surface area contributed by atoms with E-state index in [1.807, 2.05) is 27.7 Å². The fourth-order valence-electron chi connectivity index (χ4n) is 3.09. The predicted molar refractivity (Wildman–Crippen MR) is 105 cm³/mol. The molecule has 3 rings (SSSR count). The highest BCUT2D eigenvalue weighted by molar-refractivity contribution is 7.89. The van der Waals surface area contributed by atoms with E-state index in [1.54, 1.807) is 0 Å². The van der Waals surface area contributed by atoms with E-state index < -0.39 is 15.9 Å². The van der Waals surface area contributed by atoms with E-state index in [2.05, 4.69) is 15.5 Å². The smallest absolute Gasteiger partial charge is 0.322 e. The fraction of sp³-hybridized carbons (Fsp3) is 0.526. The largest absolute Gasteiger partial charge is 0.407 e. The molecule has 2 heterocycles. The van der Waals surface area contributed by atoms with Gasteiger partial charge in [0.2, 0.25) is 15.9 Å². The molecule has 28 heavy (non-hydrogen) atoms. The normalized spacial score (nSPS) is 18.8. The van der Waals surface area contributed by atoms with Crippen molar-refractivity contribution >= 4 is 21.9 Å². The zero-order valence-electron chi connectivity index (χ0n) is 16.6. The number of carbonyl (C=O) groups is 1. The predicted octanol–water partition coefficient (Wildman–Crippen LogP) is 3.18. The molecule has 1 aliphatic rings. The average molecular weight is 407 g/mol. The molecular weight excluding hydrogens is 380 g/mol. The number of amides is 1. The van der Waals surface area contributed by atoms with Crippen LogP contribution in [-0.4, -0.2) is 41.4 Å². The third-order valence-electron chi connectivity index (χ3n) is 4.75. The Balaban J connectivity index is 1.73. The number of anilines is 1. The zero-order chi connectivity index (χ0) is 20.5. The van der Waals surface area contributed by atoms with Crippen LogP contribution < -0.4 is 5.32 Å². The summed E-state index contributed by atoms with van der Waals surface area (Å²) in [6.45, 7) is 8.23. The second kappa shape index (κ2) is 7.63. The summed E-state index contributed by atoms with van der Waals surface area (Å²) in [5, 5.41) is 10.3. The van der Waals surface area contributed by atoms with Crippen LogP contribution in [0.5, 0.6) is 0 Å². The van der Waals surface area contributed by atoms with E-state index in [0.717, 1.165) is 19.3 Å². The molecule has 9 heteroatoms. The molecule has 2 aromatic rings. The van der Waals surface area contributed by atoms with Crippen LogP contribution >= 0.6 is 0 Å². The Morgan fingerprint density at radius 1 is 1.18 bits per heavy atom. The molecule has 0 spiro atoms. The maximum absolute atomic E-state index is 12.9. The van der Waals surface area contributed by atoms with Gasteiger partial charge in [-0.05, 0) is 44.0 Å². The zero-order valence-corrected chi connectivity index (χ0v) is 17.4. The molecule has 0 bridgehead atoms. The molecule has 0 saturated carbocycles. The quantitative estimate of drug-likeness (QED) is 0.836. The van der Waals surface area contributed by atoms with Gasteiger partial charge in [-0.2, -0.15) is 4.31 Å². The highest BCUT2D eigenvalue weighted by Gasteiger charge is 2.31. The first-order valence-corrected chi connectivity index (χ1v) is 10.8. The fourth-order valence-corrected chi connectivity index (χ4v) is 4.79. The number of hydrogen-bond acceptors (Lipinski definition) is 6. The van der Waals surface area contributed by atoms with E-state index in [9.17, 15) is 13.2 Å². The monoisotopic (exact) mass is 406 g/mol. The van der Waals surface area contributed by atoms with Crippen molar-refractivity contribution in [3.8, 4) is 0 Å². The number of piperidine rings is 1. The molecule has 1 aliphatic heterocycles. The number of aromatic nitrogens is 2. The summed E-state index contributed by atoms with van der Waals surface area (Å²) in [6.07, 6.45) is 2.77. The van der Waals surface area contributed by atoms with Crippen molar-refractivity contribution in [2.24, 2.45) is 0 Å². The molecule has 1 saturated heterocycles. The third kappa shape index (κ3) is 4.25. The van der Waals surface area contributed by atoms with Crippen molar-refractivity contribution in [3.05, 3.63) is 35.7 Å². The lowest BCUT2D eigenvalue weighted by Gasteiger charge is -2.32. The number of nitrogens with one attached hydrogen (secondary N) is 1. The average Bonchev–Trinajstić information content (AvgIpc) is 3.11. The second-order valence-electron chi connectivity index (χ2n) is 8.10. The van der Waals surface area contributed by atoms with Crippen molar-refractivity contribution < 1.29 is 17.6 Å². The Morgan fingerprint density at radius 3 is 2.43 bits per heavy atom. The molecule has 0 aliphatic carbocycles. The van der Waals surface area contributed by atoms with Gasteiger partial charge in [0, 0.05) is 23.6 Å². The summed E-state index contributed by atoms with van der Waals surface area (Å²) in [5.41, 5.74) is -0.0152. The van der Waals surface area contributed by atoms with Crippen LogP contribution in [0.15, 0.2) is 33.6 Å². The van der Waals surface area contributed by atoms with E-state index >= 15 is 0 Å². The van der Waals surface area contributed by atoms with Crippen LogP contribution in [-0.2, 0) is 15.4 Å². The summed E-state index contributed by atoms with van der Waals surface area (Å²) in [6, 6.07) is 5.88. The summed E-state index contributed by atoms with van der Waals surface area (Å²) < 4.78 is 32.7. The van der Waals surface area contributed by atoms with Crippen LogP contribution in [0.1, 0.15) is 63.2 Å². The highest BCUT2D eigenvalue weighted by Crippen LogP contribution is 2.26. The SMILES string of the molecule is C[C@@H]1CCCCN1S(=O)(=O)c1ccc(C(=O)Nc2nnc(C(C)(C)C)o2)cc1. The second-order valence-corrected chi connectivity index (χ2v) is 9.99. The lowest BCUT2D eigenvalue weighted by molar-refractivity contribution is 0.102. The minimum Gasteiger partial charge on any atom is -0.407 e. The van der Waals surface area contributed by atoms with Gasteiger partial charge in [0.1, 0.15) is 0 Å². The number of rotatable bonds is 4. The van der Waals surface area contributed by atoms with Gasteiger partial charge in [0.15, 0.2) is 0 Å². The van der Waals surface area contributed by atoms with Crippen LogP contribution in [0.3, 0.4) is 0 Å². The summed E-state index contributed by atoms with van der Waals surface area (Å²) in [7, 11) is -3.56. The van der Waals surface area contributed by atoms with Gasteiger partial charge in [-0.15, -0.1) is 5.10 Å². The Hall–Kier alpha value is -2.26. The Morgan fingerprint density at radius 2 is 1.86 bits per heavy atom. The topological polar surface area (TPSA) is 105 Å². The van der Waals surface area contributed by atoms with Crippen LogP contribution in [0.25, 0.3) is 0 Å². The van der Waals surface area contributed by atoms with Crippen molar-refractivity contribution in [3.63, 3.8) is 0 Å². The molecule has 1 fully saturated rings. The van der Waals surface area contributed by atoms with Crippen molar-refractivity contribution in [2.45, 2.75) is 63.3 Å². The van der Waals surface area contributed by atoms with E-state index in [1.165, 1.54) is 28.6 Å². The molecule has 1 atom stereocenters. The molecule has 1 aromatic heterocycles. The van der Waals surface area contributed by atoms with Gasteiger partial charge in [0.25, 0.3) is 5.91 Å². The molecule has 1 N–H and O–H groups in total. The van der Waals surface area contributed by atoms with Crippen molar-refractivity contribution in [1.82, 2.24) is 14.5 Å². The lowest BCUT2D eigenvalue weighted by atomic mass is 9.97. The van der Waals surface area contributed by atoms with Gasteiger partial charge in [0.05, 0.1) is 4.90 Å². The summed E-state index contributed by atoms with van der Waals surface area (Å²) >= 11 is 0. The van der Waals surface area contributed by atoms with Crippen molar-refractivity contribution in [2.75, 3.05) is 11.9 Å². The van der Waals surface area contributed by atoms with E-state index in [-0.39, 0.29) is 22.4 Å². The molecule has 0 unspecified atom stereocenters. The molecule has 1 aromatic carbocycles. The van der Waals surface area contributed by atoms with E-state index in [4.69, 9.17) is 4.42 Å². The molecule has 0 radical (unpaired) electrons. The molecule has 152 valence electrons. The van der Waals surface area contributed by atoms with E-state index in [0.29, 0.717) is 18.0 Å². The van der Waals surface area contributed by atoms with Gasteiger partial charge < -0.3 is 4.42 Å². The molecule has 8 nitrogen and oxygen atoms in total. The lowest BCUT2D eigenvalue weighted by Crippen LogP contribution is -2.41. The number of hydrogen-bond donors (Lipinski definition) is 1. The third-order valence-corrected chi connectivity index (χ3v) is 6.78. The number of carbonyl (C=O) groups excluding carboxylic acids is 1. The summed E-state index contributed by atoms with van der Waals surface area (Å²) in [4.78, 5) is 12.6. The van der Waals surface area contributed by atoms with Gasteiger partial charge in [-0.25, -0.2) is 8.42 Å². The first-order valence-electron chi connectivity index (χ1n) is 9.36. The number of sulfonamides is 1. The Bertz CT molecular complexity index is 945. The minimum atomic E-state index is -3.56. The molecule has 1 amide bonds. The number of nitrogens with zero attached hydrogens (tertiary/aromatic N) is 3. The maximum Gasteiger partial charge on any atom is 0.322 e. The van der Waals surface area contributed by atoms with Crippen molar-refractivity contribution in [1.29, 1.82) is 0 Å². The van der Waals surface area contributed by atoms with Gasteiger partial charge in [-0.3, -0.25) is 10.1 Å².